The molecular formula is C19H16N4OS2. The van der Waals surface area contributed by atoms with E-state index in [1.165, 1.54) is 11.3 Å². The number of aryl methyl sites for hydroxylation is 2. The van der Waals surface area contributed by atoms with Gasteiger partial charge in [-0.1, -0.05) is 12.1 Å². The third-order valence-electron chi connectivity index (χ3n) is 3.82. The lowest BCUT2D eigenvalue weighted by Crippen LogP contribution is -2.10. The Bertz CT molecular complexity index is 1060. The Morgan fingerprint density at radius 2 is 2.04 bits per heavy atom. The summed E-state index contributed by atoms with van der Waals surface area (Å²) in [5.41, 5.74) is 3.65. The fourth-order valence-corrected chi connectivity index (χ4v) is 4.31. The van der Waals surface area contributed by atoms with Crippen LogP contribution in [-0.4, -0.2) is 20.7 Å². The van der Waals surface area contributed by atoms with Crippen LogP contribution in [0.5, 0.6) is 0 Å². The summed E-state index contributed by atoms with van der Waals surface area (Å²) in [5.74, 6) is -0.157. The molecule has 3 aromatic heterocycles. The van der Waals surface area contributed by atoms with E-state index in [4.69, 9.17) is 0 Å². The second kappa shape index (κ2) is 6.86. The molecule has 0 unspecified atom stereocenters. The van der Waals surface area contributed by atoms with Gasteiger partial charge in [0.1, 0.15) is 9.88 Å². The molecule has 0 bridgehead atoms. The van der Waals surface area contributed by atoms with Gasteiger partial charge >= 0.3 is 0 Å². The molecule has 1 N–H and O–H groups in total. The van der Waals surface area contributed by atoms with Crippen LogP contribution < -0.4 is 5.32 Å². The SMILES string of the molecule is Cc1cc(C)n(-c2cccc(NC(=O)c3cnc(-c4cccs4)s3)c2)n1. The molecule has 0 atom stereocenters. The Kier molecular flexibility index (Phi) is 4.40. The summed E-state index contributed by atoms with van der Waals surface area (Å²) >= 11 is 3.01. The number of hydrogen-bond donors (Lipinski definition) is 1. The number of rotatable bonds is 4. The van der Waals surface area contributed by atoms with Crippen molar-refractivity contribution in [2.24, 2.45) is 0 Å². The van der Waals surface area contributed by atoms with Gasteiger partial charge in [0.25, 0.3) is 5.91 Å². The molecule has 3 heterocycles. The van der Waals surface area contributed by atoms with E-state index in [0.29, 0.717) is 4.88 Å². The molecule has 26 heavy (non-hydrogen) atoms. The van der Waals surface area contributed by atoms with Crippen molar-refractivity contribution in [3.63, 3.8) is 0 Å². The molecule has 0 spiro atoms. The van der Waals surface area contributed by atoms with Gasteiger partial charge in [-0.2, -0.15) is 5.10 Å². The number of nitrogens with zero attached hydrogens (tertiary/aromatic N) is 3. The van der Waals surface area contributed by atoms with Gasteiger partial charge in [-0.25, -0.2) is 9.67 Å². The van der Waals surface area contributed by atoms with Crippen LogP contribution in [-0.2, 0) is 0 Å². The van der Waals surface area contributed by atoms with Crippen LogP contribution in [0.15, 0.2) is 54.0 Å². The monoisotopic (exact) mass is 380 g/mol. The molecule has 7 heteroatoms. The second-order valence-corrected chi connectivity index (χ2v) is 7.83. The van der Waals surface area contributed by atoms with Crippen molar-refractivity contribution in [3.8, 4) is 15.6 Å². The lowest BCUT2D eigenvalue weighted by Gasteiger charge is -2.08. The van der Waals surface area contributed by atoms with E-state index < -0.39 is 0 Å². The number of anilines is 1. The number of thiophene rings is 1. The first-order chi connectivity index (χ1) is 12.6. The Morgan fingerprint density at radius 1 is 1.15 bits per heavy atom. The predicted octanol–water partition coefficient (Wildman–Crippen LogP) is 4.93. The predicted molar refractivity (Wildman–Crippen MR) is 106 cm³/mol. The van der Waals surface area contributed by atoms with Crippen molar-refractivity contribution < 1.29 is 4.79 Å². The third kappa shape index (κ3) is 3.31. The summed E-state index contributed by atoms with van der Waals surface area (Å²) in [6, 6.07) is 13.7. The normalized spacial score (nSPS) is 10.8. The number of thiazole rings is 1. The van der Waals surface area contributed by atoms with Gasteiger partial charge in [0.2, 0.25) is 0 Å². The molecule has 0 aliphatic rings. The minimum absolute atomic E-state index is 0.157. The van der Waals surface area contributed by atoms with Gasteiger partial charge in [-0.05, 0) is 49.6 Å². The second-order valence-electron chi connectivity index (χ2n) is 5.85. The third-order valence-corrected chi connectivity index (χ3v) is 5.85. The summed E-state index contributed by atoms with van der Waals surface area (Å²) in [7, 11) is 0. The fourth-order valence-electron chi connectivity index (χ4n) is 2.69. The Morgan fingerprint density at radius 3 is 2.77 bits per heavy atom. The summed E-state index contributed by atoms with van der Waals surface area (Å²) in [4.78, 5) is 18.6. The van der Waals surface area contributed by atoms with Crippen LogP contribution in [0.3, 0.4) is 0 Å². The maximum absolute atomic E-state index is 12.6. The number of carbonyl (C=O) groups excluding carboxylic acids is 1. The Balaban J connectivity index is 1.55. The van der Waals surface area contributed by atoms with Crippen LogP contribution in [0.4, 0.5) is 5.69 Å². The molecule has 0 saturated heterocycles. The first-order valence-electron chi connectivity index (χ1n) is 8.05. The topological polar surface area (TPSA) is 59.8 Å². The summed E-state index contributed by atoms with van der Waals surface area (Å²) in [6.45, 7) is 3.97. The first kappa shape index (κ1) is 16.7. The molecule has 130 valence electrons. The highest BCUT2D eigenvalue weighted by Crippen LogP contribution is 2.29. The number of carbonyl (C=O) groups is 1. The number of amides is 1. The van der Waals surface area contributed by atoms with E-state index >= 15 is 0 Å². The number of aromatic nitrogens is 3. The van der Waals surface area contributed by atoms with E-state index in [-0.39, 0.29) is 5.91 Å². The van der Waals surface area contributed by atoms with Crippen molar-refractivity contribution in [2.45, 2.75) is 13.8 Å². The zero-order valence-corrected chi connectivity index (χ0v) is 15.9. The highest BCUT2D eigenvalue weighted by Gasteiger charge is 2.13. The summed E-state index contributed by atoms with van der Waals surface area (Å²) in [5, 5.41) is 10.3. The van der Waals surface area contributed by atoms with Crippen LogP contribution in [0.2, 0.25) is 0 Å². The van der Waals surface area contributed by atoms with Gasteiger partial charge in [0.05, 0.1) is 22.5 Å². The molecule has 0 aliphatic carbocycles. The van der Waals surface area contributed by atoms with Crippen molar-refractivity contribution in [3.05, 3.63) is 70.3 Å². The van der Waals surface area contributed by atoms with Gasteiger partial charge < -0.3 is 5.32 Å². The highest BCUT2D eigenvalue weighted by atomic mass is 32.1. The van der Waals surface area contributed by atoms with E-state index in [2.05, 4.69) is 15.4 Å². The summed E-state index contributed by atoms with van der Waals surface area (Å²) in [6.07, 6.45) is 1.62. The molecule has 4 rings (SSSR count). The average molecular weight is 380 g/mol. The molecule has 0 radical (unpaired) electrons. The number of nitrogens with one attached hydrogen (secondary N) is 1. The Labute approximate surface area is 159 Å². The quantitative estimate of drug-likeness (QED) is 0.546. The van der Waals surface area contributed by atoms with Gasteiger partial charge in [-0.15, -0.1) is 22.7 Å². The number of hydrogen-bond acceptors (Lipinski definition) is 5. The molecule has 1 aromatic carbocycles. The molecular weight excluding hydrogens is 364 g/mol. The van der Waals surface area contributed by atoms with Gasteiger partial charge in [0, 0.05) is 11.4 Å². The smallest absolute Gasteiger partial charge is 0.267 e. The summed E-state index contributed by atoms with van der Waals surface area (Å²) < 4.78 is 1.87. The molecule has 0 aliphatic heterocycles. The Hall–Kier alpha value is -2.77. The lowest BCUT2D eigenvalue weighted by atomic mass is 10.2. The largest absolute Gasteiger partial charge is 0.321 e. The van der Waals surface area contributed by atoms with Crippen LogP contribution in [0.1, 0.15) is 21.1 Å². The minimum atomic E-state index is -0.157. The van der Waals surface area contributed by atoms with Crippen LogP contribution >= 0.6 is 22.7 Å². The van der Waals surface area contributed by atoms with Crippen LogP contribution in [0, 0.1) is 13.8 Å². The maximum atomic E-state index is 12.6. The van der Waals surface area contributed by atoms with Crippen molar-refractivity contribution in [1.29, 1.82) is 0 Å². The zero-order valence-electron chi connectivity index (χ0n) is 14.3. The molecule has 1 amide bonds. The molecule has 5 nitrogen and oxygen atoms in total. The average Bonchev–Trinajstić information content (AvgIpc) is 3.35. The number of benzene rings is 1. The standard InChI is InChI=1S/C19H16N4OS2/c1-12-9-13(2)23(22-12)15-6-3-5-14(10-15)21-18(24)17-11-20-19(26-17)16-7-4-8-25-16/h3-11H,1-2H3,(H,21,24). The molecule has 0 fully saturated rings. The minimum Gasteiger partial charge on any atom is -0.321 e. The van der Waals surface area contributed by atoms with E-state index in [1.807, 2.05) is 66.4 Å². The molecule has 0 saturated carbocycles. The first-order valence-corrected chi connectivity index (χ1v) is 9.74. The van der Waals surface area contributed by atoms with Crippen molar-refractivity contribution in [1.82, 2.24) is 14.8 Å². The van der Waals surface area contributed by atoms with Crippen LogP contribution in [0.25, 0.3) is 15.6 Å². The van der Waals surface area contributed by atoms with Crippen molar-refractivity contribution in [2.75, 3.05) is 5.32 Å². The van der Waals surface area contributed by atoms with E-state index in [1.54, 1.807) is 17.5 Å². The molecule has 4 aromatic rings. The van der Waals surface area contributed by atoms with Crippen molar-refractivity contribution >= 4 is 34.3 Å². The lowest BCUT2D eigenvalue weighted by molar-refractivity contribution is 0.103. The fraction of sp³-hybridized carbons (Fsp3) is 0.105. The maximum Gasteiger partial charge on any atom is 0.267 e. The van der Waals surface area contributed by atoms with E-state index in [9.17, 15) is 4.79 Å². The van der Waals surface area contributed by atoms with Gasteiger partial charge in [-0.3, -0.25) is 4.79 Å². The van der Waals surface area contributed by atoms with Gasteiger partial charge in [0.15, 0.2) is 0 Å². The zero-order chi connectivity index (χ0) is 18.1. The highest BCUT2D eigenvalue weighted by molar-refractivity contribution is 7.22. The van der Waals surface area contributed by atoms with E-state index in [0.717, 1.165) is 32.6 Å².